The molecule has 1 amide bonds. The third-order valence-corrected chi connectivity index (χ3v) is 3.90. The molecule has 1 atom stereocenters. The van der Waals surface area contributed by atoms with E-state index in [0.29, 0.717) is 31.6 Å². The Kier molecular flexibility index (Phi) is 3.32. The Labute approximate surface area is 119 Å². The molecule has 0 unspecified atom stereocenters. The van der Waals surface area contributed by atoms with Crippen LogP contribution in [-0.4, -0.2) is 36.8 Å². The van der Waals surface area contributed by atoms with Gasteiger partial charge in [-0.25, -0.2) is 0 Å². The number of aryl methyl sites for hydroxylation is 1. The molecule has 0 aromatic heterocycles. The molecule has 2 heterocycles. The average Bonchev–Trinajstić information content (AvgIpc) is 2.71. The summed E-state index contributed by atoms with van der Waals surface area (Å²) in [6.07, 6.45) is -4.22. The van der Waals surface area contributed by atoms with Crippen LogP contribution in [0.15, 0.2) is 12.1 Å². The molecular weight excluding hydrogens is 285 g/mol. The number of alkyl halides is 3. The minimum atomic E-state index is -4.80. The SMILES string of the molecule is CCc1cc(OC(F)(F)F)c2c(c1)[C@@H]1CNCCN1C2=O. The number of carbonyl (C=O) groups is 1. The molecule has 7 heteroatoms. The predicted octanol–water partition coefficient (Wildman–Crippen LogP) is 2.25. The second-order valence-electron chi connectivity index (χ2n) is 5.18. The number of ether oxygens (including phenoxy) is 1. The maximum atomic E-state index is 12.6. The smallest absolute Gasteiger partial charge is 0.405 e. The average molecular weight is 300 g/mol. The maximum Gasteiger partial charge on any atom is 0.573 e. The van der Waals surface area contributed by atoms with E-state index >= 15 is 0 Å². The monoisotopic (exact) mass is 300 g/mol. The molecule has 1 aromatic rings. The highest BCUT2D eigenvalue weighted by molar-refractivity contribution is 6.02. The predicted molar refractivity (Wildman–Crippen MR) is 69.2 cm³/mol. The highest BCUT2D eigenvalue weighted by Gasteiger charge is 2.42. The summed E-state index contributed by atoms with van der Waals surface area (Å²) in [5, 5.41) is 3.17. The molecule has 0 spiro atoms. The molecule has 0 saturated carbocycles. The number of carbonyl (C=O) groups excluding carboxylic acids is 1. The summed E-state index contributed by atoms with van der Waals surface area (Å²) < 4.78 is 41.8. The number of rotatable bonds is 2. The van der Waals surface area contributed by atoms with Crippen LogP contribution in [0.1, 0.15) is 34.5 Å². The zero-order valence-electron chi connectivity index (χ0n) is 11.5. The maximum absolute atomic E-state index is 12.6. The number of halogens is 3. The van der Waals surface area contributed by atoms with Gasteiger partial charge in [-0.2, -0.15) is 0 Å². The van der Waals surface area contributed by atoms with E-state index < -0.39 is 6.36 Å². The zero-order valence-corrected chi connectivity index (χ0v) is 11.5. The van der Waals surface area contributed by atoms with Gasteiger partial charge in [0.1, 0.15) is 5.75 Å². The van der Waals surface area contributed by atoms with Crippen LogP contribution < -0.4 is 10.1 Å². The molecule has 114 valence electrons. The molecule has 0 radical (unpaired) electrons. The highest BCUT2D eigenvalue weighted by atomic mass is 19.4. The van der Waals surface area contributed by atoms with Crippen LogP contribution >= 0.6 is 0 Å². The lowest BCUT2D eigenvalue weighted by atomic mass is 9.98. The number of nitrogens with zero attached hydrogens (tertiary/aromatic N) is 1. The molecule has 1 N–H and O–H groups in total. The van der Waals surface area contributed by atoms with Crippen LogP contribution in [-0.2, 0) is 6.42 Å². The van der Waals surface area contributed by atoms with Crippen molar-refractivity contribution < 1.29 is 22.7 Å². The van der Waals surface area contributed by atoms with Crippen molar-refractivity contribution in [2.75, 3.05) is 19.6 Å². The largest absolute Gasteiger partial charge is 0.573 e. The molecular formula is C14H15F3N2O2. The number of fused-ring (bicyclic) bond motifs is 3. The molecule has 1 aromatic carbocycles. The summed E-state index contributed by atoms with van der Waals surface area (Å²) in [4.78, 5) is 14.0. The van der Waals surface area contributed by atoms with E-state index in [1.54, 1.807) is 4.90 Å². The van der Waals surface area contributed by atoms with Crippen molar-refractivity contribution in [3.63, 3.8) is 0 Å². The van der Waals surface area contributed by atoms with Crippen LogP contribution in [0.2, 0.25) is 0 Å². The van der Waals surface area contributed by atoms with Crippen LogP contribution in [0.4, 0.5) is 13.2 Å². The van der Waals surface area contributed by atoms with Crippen molar-refractivity contribution in [2.24, 2.45) is 0 Å². The first-order valence-electron chi connectivity index (χ1n) is 6.85. The Balaban J connectivity index is 2.11. The van der Waals surface area contributed by atoms with Crippen molar-refractivity contribution >= 4 is 5.91 Å². The second-order valence-corrected chi connectivity index (χ2v) is 5.18. The summed E-state index contributed by atoms with van der Waals surface area (Å²) in [5.74, 6) is -0.755. The third-order valence-electron chi connectivity index (χ3n) is 3.90. The molecule has 1 fully saturated rings. The van der Waals surface area contributed by atoms with Gasteiger partial charge in [0.05, 0.1) is 11.6 Å². The number of amides is 1. The molecule has 1 saturated heterocycles. The van der Waals surface area contributed by atoms with Gasteiger partial charge in [0, 0.05) is 19.6 Å². The molecule has 3 rings (SSSR count). The molecule has 4 nitrogen and oxygen atoms in total. The van der Waals surface area contributed by atoms with E-state index in [9.17, 15) is 18.0 Å². The van der Waals surface area contributed by atoms with Gasteiger partial charge in [-0.1, -0.05) is 13.0 Å². The molecule has 2 aliphatic rings. The lowest BCUT2D eigenvalue weighted by Gasteiger charge is -2.30. The standard InChI is InChI=1S/C14H15F3N2O2/c1-2-8-5-9-10-7-18-3-4-19(10)13(20)12(9)11(6-8)21-14(15,16)17/h5-6,10,18H,2-4,7H2,1H3/t10-/m0/s1. The Bertz CT molecular complexity index is 586. The lowest BCUT2D eigenvalue weighted by Crippen LogP contribution is -2.44. The highest BCUT2D eigenvalue weighted by Crippen LogP contribution is 2.41. The Morgan fingerprint density at radius 1 is 1.43 bits per heavy atom. The van der Waals surface area contributed by atoms with Crippen LogP contribution in [0, 0.1) is 0 Å². The fourth-order valence-corrected chi connectivity index (χ4v) is 2.97. The molecule has 0 aliphatic carbocycles. The Morgan fingerprint density at radius 3 is 2.86 bits per heavy atom. The lowest BCUT2D eigenvalue weighted by molar-refractivity contribution is -0.274. The summed E-state index contributed by atoms with van der Waals surface area (Å²) in [6, 6.07) is 2.92. The third kappa shape index (κ3) is 2.46. The molecule has 0 bridgehead atoms. The first-order chi connectivity index (χ1) is 9.90. The zero-order chi connectivity index (χ0) is 15.2. The van der Waals surface area contributed by atoms with E-state index in [2.05, 4.69) is 10.1 Å². The van der Waals surface area contributed by atoms with Crippen molar-refractivity contribution in [3.8, 4) is 5.75 Å². The van der Waals surface area contributed by atoms with Gasteiger partial charge in [0.2, 0.25) is 0 Å². The fourth-order valence-electron chi connectivity index (χ4n) is 2.97. The van der Waals surface area contributed by atoms with Gasteiger partial charge in [0.25, 0.3) is 5.91 Å². The Hall–Kier alpha value is -1.76. The van der Waals surface area contributed by atoms with Gasteiger partial charge in [-0.05, 0) is 23.6 Å². The van der Waals surface area contributed by atoms with Gasteiger partial charge in [0.15, 0.2) is 0 Å². The first kappa shape index (κ1) is 14.2. The van der Waals surface area contributed by atoms with Crippen LogP contribution in [0.25, 0.3) is 0 Å². The van der Waals surface area contributed by atoms with E-state index in [4.69, 9.17) is 0 Å². The van der Waals surface area contributed by atoms with Crippen molar-refractivity contribution in [1.82, 2.24) is 10.2 Å². The summed E-state index contributed by atoms with van der Waals surface area (Å²) in [7, 11) is 0. The summed E-state index contributed by atoms with van der Waals surface area (Å²) in [5.41, 5.74) is 1.41. The van der Waals surface area contributed by atoms with E-state index in [1.807, 2.05) is 13.0 Å². The minimum Gasteiger partial charge on any atom is -0.405 e. The van der Waals surface area contributed by atoms with E-state index in [1.165, 1.54) is 6.07 Å². The molecule has 2 aliphatic heterocycles. The number of nitrogens with one attached hydrogen (secondary N) is 1. The van der Waals surface area contributed by atoms with Gasteiger partial charge in [-0.15, -0.1) is 13.2 Å². The number of hydrogen-bond donors (Lipinski definition) is 1. The van der Waals surface area contributed by atoms with E-state index in [-0.39, 0.29) is 23.3 Å². The van der Waals surface area contributed by atoms with Gasteiger partial charge < -0.3 is 15.0 Å². The van der Waals surface area contributed by atoms with Crippen molar-refractivity contribution in [2.45, 2.75) is 25.7 Å². The number of benzene rings is 1. The van der Waals surface area contributed by atoms with Crippen molar-refractivity contribution in [1.29, 1.82) is 0 Å². The summed E-state index contributed by atoms with van der Waals surface area (Å²) in [6.45, 7) is 3.54. The summed E-state index contributed by atoms with van der Waals surface area (Å²) >= 11 is 0. The van der Waals surface area contributed by atoms with E-state index in [0.717, 1.165) is 5.56 Å². The quantitative estimate of drug-likeness (QED) is 0.911. The molecule has 21 heavy (non-hydrogen) atoms. The van der Waals surface area contributed by atoms with Crippen LogP contribution in [0.5, 0.6) is 5.75 Å². The van der Waals surface area contributed by atoms with Gasteiger partial charge in [-0.3, -0.25) is 4.79 Å². The normalized spacial score (nSPS) is 21.2. The Morgan fingerprint density at radius 2 is 2.19 bits per heavy atom. The number of piperazine rings is 1. The van der Waals surface area contributed by atoms with Crippen LogP contribution in [0.3, 0.4) is 0 Å². The first-order valence-corrected chi connectivity index (χ1v) is 6.85. The fraction of sp³-hybridized carbons (Fsp3) is 0.500. The van der Waals surface area contributed by atoms with Crippen molar-refractivity contribution in [3.05, 3.63) is 28.8 Å². The topological polar surface area (TPSA) is 41.6 Å². The minimum absolute atomic E-state index is 0.0539. The number of hydrogen-bond acceptors (Lipinski definition) is 3. The van der Waals surface area contributed by atoms with Gasteiger partial charge >= 0.3 is 6.36 Å². The second kappa shape index (κ2) is 4.91.